The van der Waals surface area contributed by atoms with Crippen LogP contribution >= 0.6 is 23.1 Å². The van der Waals surface area contributed by atoms with Gasteiger partial charge in [0.1, 0.15) is 10.8 Å². The van der Waals surface area contributed by atoms with Gasteiger partial charge in [-0.3, -0.25) is 9.59 Å². The number of carbonyl (C=O) groups is 3. The number of esters is 1. The van der Waals surface area contributed by atoms with Crippen molar-refractivity contribution in [2.75, 3.05) is 19.0 Å². The highest BCUT2D eigenvalue weighted by molar-refractivity contribution is 8.00. The second-order valence-electron chi connectivity index (χ2n) is 9.35. The minimum absolute atomic E-state index is 0.201. The van der Waals surface area contributed by atoms with E-state index < -0.39 is 11.2 Å². The molecule has 0 saturated heterocycles. The molecule has 214 valence electrons. The van der Waals surface area contributed by atoms with Crippen molar-refractivity contribution in [2.45, 2.75) is 76.4 Å². The normalized spacial score (nSPS) is 13.0. The number of ether oxygens (including phenoxy) is 2. The van der Waals surface area contributed by atoms with Crippen molar-refractivity contribution < 1.29 is 23.9 Å². The number of thioether (sulfide) groups is 1. The Kier molecular flexibility index (Phi) is 10.2. The zero-order chi connectivity index (χ0) is 28.6. The molecular weight excluding hydrogens is 550 g/mol. The fraction of sp³-hybridized carbons (Fsp3) is 0.464. The summed E-state index contributed by atoms with van der Waals surface area (Å²) in [5.41, 5.74) is 2.01. The second kappa shape index (κ2) is 13.8. The molecule has 2 N–H and O–H groups in total. The van der Waals surface area contributed by atoms with Gasteiger partial charge in [0.15, 0.2) is 11.0 Å². The van der Waals surface area contributed by atoms with Crippen LogP contribution in [0.5, 0.6) is 5.75 Å². The van der Waals surface area contributed by atoms with Gasteiger partial charge in [0, 0.05) is 17.0 Å². The van der Waals surface area contributed by atoms with Gasteiger partial charge in [-0.25, -0.2) is 4.79 Å². The third-order valence-corrected chi connectivity index (χ3v) is 8.86. The maximum atomic E-state index is 13.2. The summed E-state index contributed by atoms with van der Waals surface area (Å²) in [6, 6.07) is 6.87. The van der Waals surface area contributed by atoms with Crippen LogP contribution in [0.3, 0.4) is 0 Å². The van der Waals surface area contributed by atoms with E-state index in [1.165, 1.54) is 23.1 Å². The molecule has 10 nitrogen and oxygen atoms in total. The average molecular weight is 586 g/mol. The number of hydrogen-bond donors (Lipinski definition) is 2. The summed E-state index contributed by atoms with van der Waals surface area (Å²) in [5.74, 6) is 0.448. The molecule has 0 aliphatic heterocycles. The van der Waals surface area contributed by atoms with Gasteiger partial charge in [0.05, 0.1) is 31.1 Å². The van der Waals surface area contributed by atoms with Gasteiger partial charge in [-0.1, -0.05) is 25.1 Å². The van der Waals surface area contributed by atoms with Gasteiger partial charge in [-0.15, -0.1) is 21.5 Å². The van der Waals surface area contributed by atoms with Gasteiger partial charge < -0.3 is 24.7 Å². The highest BCUT2D eigenvalue weighted by atomic mass is 32.2. The van der Waals surface area contributed by atoms with Crippen LogP contribution in [0.1, 0.15) is 77.0 Å². The first kappa shape index (κ1) is 29.6. The fourth-order valence-electron chi connectivity index (χ4n) is 4.42. The molecule has 4 rings (SSSR count). The van der Waals surface area contributed by atoms with Gasteiger partial charge in [0.2, 0.25) is 5.91 Å². The number of fused-ring (bicyclic) bond motifs is 1. The number of rotatable bonds is 13. The zero-order valence-electron chi connectivity index (χ0n) is 23.2. The predicted octanol–water partition coefficient (Wildman–Crippen LogP) is 4.86. The highest BCUT2D eigenvalue weighted by Gasteiger charge is 2.29. The zero-order valence-corrected chi connectivity index (χ0v) is 24.9. The van der Waals surface area contributed by atoms with Crippen LogP contribution in [-0.2, 0) is 35.5 Å². The largest absolute Gasteiger partial charge is 0.497 e. The molecular formula is C28H35N5O5S2. The van der Waals surface area contributed by atoms with Crippen LogP contribution in [0.4, 0.5) is 5.00 Å². The van der Waals surface area contributed by atoms with E-state index in [1.807, 2.05) is 4.57 Å². The SMILES string of the molecule is CCCCn1c(CNC(=O)c2ccc(OC)cc2)nnc1S[C@@H](C)C(=O)Nc1sc2c(c1C(=O)OCC)CCC2. The molecule has 3 aromatic rings. The minimum atomic E-state index is -0.502. The Morgan fingerprint density at radius 3 is 2.62 bits per heavy atom. The Balaban J connectivity index is 1.44. The Morgan fingerprint density at radius 2 is 1.93 bits per heavy atom. The second-order valence-corrected chi connectivity index (χ2v) is 11.8. The lowest BCUT2D eigenvalue weighted by Gasteiger charge is -2.14. The number of thiophene rings is 1. The summed E-state index contributed by atoms with van der Waals surface area (Å²) < 4.78 is 12.4. The van der Waals surface area contributed by atoms with Crippen LogP contribution in [0.2, 0.25) is 0 Å². The Bertz CT molecular complexity index is 1350. The van der Waals surface area contributed by atoms with E-state index in [-0.39, 0.29) is 25.0 Å². The third-order valence-electron chi connectivity index (χ3n) is 6.58. The number of amides is 2. The maximum Gasteiger partial charge on any atom is 0.341 e. The molecule has 0 saturated carbocycles. The van der Waals surface area contributed by atoms with E-state index in [9.17, 15) is 14.4 Å². The van der Waals surface area contributed by atoms with Crippen LogP contribution in [0.25, 0.3) is 0 Å². The molecule has 2 heterocycles. The van der Waals surface area contributed by atoms with Crippen LogP contribution < -0.4 is 15.4 Å². The number of hydrogen-bond acceptors (Lipinski definition) is 9. The number of benzene rings is 1. The van der Waals surface area contributed by atoms with Crippen molar-refractivity contribution in [3.8, 4) is 5.75 Å². The summed E-state index contributed by atoms with van der Waals surface area (Å²) in [4.78, 5) is 39.7. The average Bonchev–Trinajstić information content (AvgIpc) is 3.65. The fourth-order valence-corrected chi connectivity index (χ4v) is 6.59. The number of nitrogens with zero attached hydrogens (tertiary/aromatic N) is 3. The van der Waals surface area contributed by atoms with Gasteiger partial charge in [0.25, 0.3) is 5.91 Å². The smallest absolute Gasteiger partial charge is 0.341 e. The number of nitrogens with one attached hydrogen (secondary N) is 2. The number of aromatic nitrogens is 3. The number of aryl methyl sites for hydroxylation is 1. The number of methoxy groups -OCH3 is 1. The topological polar surface area (TPSA) is 124 Å². The number of carbonyl (C=O) groups excluding carboxylic acids is 3. The maximum absolute atomic E-state index is 13.2. The first-order valence-electron chi connectivity index (χ1n) is 13.5. The summed E-state index contributed by atoms with van der Waals surface area (Å²) in [5, 5.41) is 15.2. The molecule has 2 aromatic heterocycles. The predicted molar refractivity (Wildman–Crippen MR) is 155 cm³/mol. The van der Waals surface area contributed by atoms with Crippen molar-refractivity contribution in [1.82, 2.24) is 20.1 Å². The molecule has 1 aromatic carbocycles. The lowest BCUT2D eigenvalue weighted by molar-refractivity contribution is -0.115. The summed E-state index contributed by atoms with van der Waals surface area (Å²) in [6.07, 6.45) is 4.60. The van der Waals surface area contributed by atoms with Crippen LogP contribution in [-0.4, -0.2) is 51.5 Å². The van der Waals surface area contributed by atoms with E-state index in [0.29, 0.717) is 39.4 Å². The molecule has 1 atom stereocenters. The van der Waals surface area contributed by atoms with E-state index >= 15 is 0 Å². The Hall–Kier alpha value is -3.38. The Morgan fingerprint density at radius 1 is 1.15 bits per heavy atom. The van der Waals surface area contributed by atoms with E-state index in [2.05, 4.69) is 27.8 Å². The number of unbranched alkanes of at least 4 members (excludes halogenated alkanes) is 1. The molecule has 40 heavy (non-hydrogen) atoms. The standard InChI is InChI=1S/C28H35N5O5S2/c1-5-7-15-33-22(16-29-25(35)18-11-13-19(37-4)14-12-18)31-32-28(33)39-17(3)24(34)30-26-23(27(36)38-6-2)20-9-8-10-21(20)40-26/h11-14,17H,5-10,15-16H2,1-4H3,(H,29,35)(H,30,34)/t17-/m0/s1. The molecule has 2 amide bonds. The third kappa shape index (κ3) is 6.84. The lowest BCUT2D eigenvalue weighted by Crippen LogP contribution is -2.25. The number of anilines is 1. The highest BCUT2D eigenvalue weighted by Crippen LogP contribution is 2.40. The Labute approximate surface area is 242 Å². The van der Waals surface area contributed by atoms with Crippen molar-refractivity contribution in [3.05, 3.63) is 51.7 Å². The van der Waals surface area contributed by atoms with Crippen LogP contribution in [0.15, 0.2) is 29.4 Å². The molecule has 0 radical (unpaired) electrons. The summed E-state index contributed by atoms with van der Waals surface area (Å²) >= 11 is 2.76. The first-order chi connectivity index (χ1) is 19.4. The minimum Gasteiger partial charge on any atom is -0.497 e. The monoisotopic (exact) mass is 585 g/mol. The molecule has 1 aliphatic rings. The molecule has 0 bridgehead atoms. The summed E-state index contributed by atoms with van der Waals surface area (Å²) in [6.45, 7) is 6.81. The van der Waals surface area contributed by atoms with E-state index in [4.69, 9.17) is 9.47 Å². The van der Waals surface area contributed by atoms with Gasteiger partial charge in [-0.05, 0) is 69.4 Å². The first-order valence-corrected chi connectivity index (χ1v) is 15.2. The van der Waals surface area contributed by atoms with Crippen LogP contribution in [0, 0.1) is 0 Å². The summed E-state index contributed by atoms with van der Waals surface area (Å²) in [7, 11) is 1.58. The van der Waals surface area contributed by atoms with E-state index in [1.54, 1.807) is 45.2 Å². The van der Waals surface area contributed by atoms with Crippen molar-refractivity contribution in [1.29, 1.82) is 0 Å². The quantitative estimate of drug-likeness (QED) is 0.215. The molecule has 0 unspecified atom stereocenters. The van der Waals surface area contributed by atoms with Crippen molar-refractivity contribution in [3.63, 3.8) is 0 Å². The van der Waals surface area contributed by atoms with Crippen molar-refractivity contribution in [2.24, 2.45) is 0 Å². The van der Waals surface area contributed by atoms with Crippen molar-refractivity contribution >= 4 is 45.9 Å². The lowest BCUT2D eigenvalue weighted by atomic mass is 10.1. The molecule has 0 fully saturated rings. The van der Waals surface area contributed by atoms with Gasteiger partial charge in [-0.2, -0.15) is 0 Å². The van der Waals surface area contributed by atoms with Gasteiger partial charge >= 0.3 is 5.97 Å². The molecule has 0 spiro atoms. The molecule has 1 aliphatic carbocycles. The van der Waals surface area contributed by atoms with E-state index in [0.717, 1.165) is 42.5 Å². The molecule has 12 heteroatoms.